The molecule has 3 fully saturated rings. The number of amides is 3. The van der Waals surface area contributed by atoms with Crippen LogP contribution in [0.5, 0.6) is 0 Å². The molecule has 28 heavy (non-hydrogen) atoms. The molecular weight excluding hydrogens is 354 g/mol. The summed E-state index contributed by atoms with van der Waals surface area (Å²) in [6.45, 7) is 1.26. The van der Waals surface area contributed by atoms with Gasteiger partial charge in [0.2, 0.25) is 11.8 Å². The molecule has 2 heterocycles. The summed E-state index contributed by atoms with van der Waals surface area (Å²) < 4.78 is 0. The van der Waals surface area contributed by atoms with Gasteiger partial charge in [-0.15, -0.1) is 0 Å². The summed E-state index contributed by atoms with van der Waals surface area (Å²) in [7, 11) is 0. The van der Waals surface area contributed by atoms with Crippen molar-refractivity contribution >= 4 is 17.7 Å². The molecule has 2 aliphatic heterocycles. The van der Waals surface area contributed by atoms with E-state index in [4.69, 9.17) is 0 Å². The molecule has 6 heteroatoms. The highest BCUT2D eigenvalue weighted by atomic mass is 16.2. The molecule has 4 aliphatic rings. The second-order valence-corrected chi connectivity index (χ2v) is 9.05. The number of nitrogens with one attached hydrogen (secondary N) is 2. The normalized spacial score (nSPS) is 26.5. The molecule has 1 saturated heterocycles. The standard InChI is InChI=1S/C22H27N3O3/c26-19-4-3-18(20(27)24-19)25-13-15-11-14(1-2-17(15)21(25)28)12-23-16-5-7-22(8-6-16)9-10-22/h1-2,11,16,18,23H,3-10,12-13H2,(H,24,26,27). The van der Waals surface area contributed by atoms with Gasteiger partial charge in [0.05, 0.1) is 0 Å². The number of hydrogen-bond donors (Lipinski definition) is 2. The van der Waals surface area contributed by atoms with Crippen LogP contribution in [0, 0.1) is 5.41 Å². The molecule has 1 atom stereocenters. The van der Waals surface area contributed by atoms with Crippen LogP contribution in [-0.4, -0.2) is 34.7 Å². The van der Waals surface area contributed by atoms with Gasteiger partial charge < -0.3 is 10.2 Å². The minimum atomic E-state index is -0.545. The van der Waals surface area contributed by atoms with Gasteiger partial charge >= 0.3 is 0 Å². The third-order valence-corrected chi connectivity index (χ3v) is 7.19. The molecule has 2 N–H and O–H groups in total. The van der Waals surface area contributed by atoms with Gasteiger partial charge in [0.25, 0.3) is 5.91 Å². The van der Waals surface area contributed by atoms with Crippen molar-refractivity contribution in [1.82, 2.24) is 15.5 Å². The molecule has 2 saturated carbocycles. The predicted molar refractivity (Wildman–Crippen MR) is 103 cm³/mol. The third-order valence-electron chi connectivity index (χ3n) is 7.19. The maximum Gasteiger partial charge on any atom is 0.255 e. The lowest BCUT2D eigenvalue weighted by atomic mass is 9.83. The SMILES string of the molecule is O=C1CCC(N2Cc3cc(CNC4CCC5(CC4)CC5)ccc3C2=O)C(=O)N1. The summed E-state index contributed by atoms with van der Waals surface area (Å²) in [6.07, 6.45) is 8.83. The fourth-order valence-electron chi connectivity index (χ4n) is 5.11. The van der Waals surface area contributed by atoms with Crippen LogP contribution in [0.1, 0.15) is 72.9 Å². The maximum absolute atomic E-state index is 12.8. The Kier molecular flexibility index (Phi) is 4.27. The lowest BCUT2D eigenvalue weighted by molar-refractivity contribution is -0.136. The minimum Gasteiger partial charge on any atom is -0.322 e. The van der Waals surface area contributed by atoms with Crippen LogP contribution >= 0.6 is 0 Å². The smallest absolute Gasteiger partial charge is 0.255 e. The van der Waals surface area contributed by atoms with Crippen LogP contribution in [0.3, 0.4) is 0 Å². The zero-order valence-corrected chi connectivity index (χ0v) is 16.1. The number of fused-ring (bicyclic) bond motifs is 1. The first-order valence-electron chi connectivity index (χ1n) is 10.5. The Morgan fingerprint density at radius 3 is 2.57 bits per heavy atom. The summed E-state index contributed by atoms with van der Waals surface area (Å²) in [5.74, 6) is -0.717. The first-order chi connectivity index (χ1) is 13.5. The molecule has 0 bridgehead atoms. The largest absolute Gasteiger partial charge is 0.322 e. The summed E-state index contributed by atoms with van der Waals surface area (Å²) in [5, 5.41) is 6.04. The lowest BCUT2D eigenvalue weighted by Crippen LogP contribution is -2.52. The number of imide groups is 1. The Labute approximate surface area is 165 Å². The maximum atomic E-state index is 12.8. The first-order valence-corrected chi connectivity index (χ1v) is 10.5. The van der Waals surface area contributed by atoms with E-state index in [1.807, 2.05) is 12.1 Å². The van der Waals surface area contributed by atoms with Crippen LogP contribution in [-0.2, 0) is 22.7 Å². The molecule has 1 aromatic rings. The van der Waals surface area contributed by atoms with Gasteiger partial charge in [-0.3, -0.25) is 19.7 Å². The van der Waals surface area contributed by atoms with E-state index in [0.717, 1.165) is 12.1 Å². The number of carbonyl (C=O) groups excluding carboxylic acids is 3. The van der Waals surface area contributed by atoms with Crippen LogP contribution in [0.15, 0.2) is 18.2 Å². The molecule has 6 nitrogen and oxygen atoms in total. The van der Waals surface area contributed by atoms with Crippen LogP contribution in [0.25, 0.3) is 0 Å². The molecule has 3 amide bonds. The van der Waals surface area contributed by atoms with E-state index in [1.165, 1.54) is 44.1 Å². The van der Waals surface area contributed by atoms with E-state index >= 15 is 0 Å². The Bertz CT molecular complexity index is 835. The number of piperidine rings is 1. The quantitative estimate of drug-likeness (QED) is 0.784. The molecule has 1 aromatic carbocycles. The van der Waals surface area contributed by atoms with Crippen molar-refractivity contribution < 1.29 is 14.4 Å². The van der Waals surface area contributed by atoms with Gasteiger partial charge in [0.1, 0.15) is 6.04 Å². The van der Waals surface area contributed by atoms with E-state index in [0.29, 0.717) is 30.0 Å². The molecule has 2 aliphatic carbocycles. The van der Waals surface area contributed by atoms with Gasteiger partial charge in [-0.2, -0.15) is 0 Å². The second kappa shape index (κ2) is 6.69. The number of nitrogens with zero attached hydrogens (tertiary/aromatic N) is 1. The Balaban J connectivity index is 1.22. The van der Waals surface area contributed by atoms with E-state index in [-0.39, 0.29) is 24.1 Å². The lowest BCUT2D eigenvalue weighted by Gasteiger charge is -2.29. The molecule has 0 aromatic heterocycles. The Morgan fingerprint density at radius 1 is 1.07 bits per heavy atom. The van der Waals surface area contributed by atoms with Gasteiger partial charge in [-0.25, -0.2) is 0 Å². The van der Waals surface area contributed by atoms with Crippen molar-refractivity contribution in [2.75, 3.05) is 0 Å². The molecule has 1 unspecified atom stereocenters. The van der Waals surface area contributed by atoms with Crippen molar-refractivity contribution in [2.45, 2.75) is 76.5 Å². The van der Waals surface area contributed by atoms with Crippen molar-refractivity contribution in [3.8, 4) is 0 Å². The van der Waals surface area contributed by atoms with E-state index < -0.39 is 6.04 Å². The number of benzene rings is 1. The van der Waals surface area contributed by atoms with Gasteiger partial charge in [-0.05, 0) is 67.6 Å². The highest BCUT2D eigenvalue weighted by molar-refractivity contribution is 6.05. The van der Waals surface area contributed by atoms with Crippen LogP contribution < -0.4 is 10.6 Å². The zero-order chi connectivity index (χ0) is 19.3. The van der Waals surface area contributed by atoms with Gasteiger partial charge in [0, 0.05) is 31.1 Å². The number of rotatable bonds is 4. The van der Waals surface area contributed by atoms with Crippen LogP contribution in [0.4, 0.5) is 0 Å². The zero-order valence-electron chi connectivity index (χ0n) is 16.1. The fourth-order valence-corrected chi connectivity index (χ4v) is 5.11. The Morgan fingerprint density at radius 2 is 1.86 bits per heavy atom. The second-order valence-electron chi connectivity index (χ2n) is 9.05. The summed E-state index contributed by atoms with van der Waals surface area (Å²) >= 11 is 0. The van der Waals surface area contributed by atoms with E-state index in [2.05, 4.69) is 16.7 Å². The monoisotopic (exact) mass is 381 g/mol. The Hall–Kier alpha value is -2.21. The number of hydrogen-bond acceptors (Lipinski definition) is 4. The average Bonchev–Trinajstić information content (AvgIpc) is 3.37. The first kappa shape index (κ1) is 17.9. The van der Waals surface area contributed by atoms with E-state index in [1.54, 1.807) is 4.90 Å². The van der Waals surface area contributed by atoms with Crippen molar-refractivity contribution in [3.05, 3.63) is 34.9 Å². The van der Waals surface area contributed by atoms with Crippen molar-refractivity contribution in [3.63, 3.8) is 0 Å². The predicted octanol–water partition coefficient (Wildman–Crippen LogP) is 2.26. The van der Waals surface area contributed by atoms with E-state index in [9.17, 15) is 14.4 Å². The fraction of sp³-hybridized carbons (Fsp3) is 0.591. The van der Waals surface area contributed by atoms with Crippen molar-refractivity contribution in [1.29, 1.82) is 0 Å². The molecule has 148 valence electrons. The van der Waals surface area contributed by atoms with Gasteiger partial charge in [0.15, 0.2) is 0 Å². The van der Waals surface area contributed by atoms with Gasteiger partial charge in [-0.1, -0.05) is 12.1 Å². The minimum absolute atomic E-state index is 0.106. The van der Waals surface area contributed by atoms with Crippen LogP contribution in [0.2, 0.25) is 0 Å². The summed E-state index contributed by atoms with van der Waals surface area (Å²) in [4.78, 5) is 37.9. The molecular formula is C22H27N3O3. The average molecular weight is 381 g/mol. The molecule has 1 spiro atoms. The number of carbonyl (C=O) groups is 3. The summed E-state index contributed by atoms with van der Waals surface area (Å²) in [6, 6.07) is 6.05. The molecule has 5 rings (SSSR count). The van der Waals surface area contributed by atoms with Crippen molar-refractivity contribution in [2.24, 2.45) is 5.41 Å². The third kappa shape index (κ3) is 3.24. The highest BCUT2D eigenvalue weighted by Gasteiger charge is 2.44. The highest BCUT2D eigenvalue weighted by Crippen LogP contribution is 2.56. The summed E-state index contributed by atoms with van der Waals surface area (Å²) in [5.41, 5.74) is 3.56. The topological polar surface area (TPSA) is 78.5 Å². The molecule has 0 radical (unpaired) electrons.